The Kier molecular flexibility index (Phi) is 7.85. The summed E-state index contributed by atoms with van der Waals surface area (Å²) in [6.45, 7) is 3.80. The fourth-order valence-corrected chi connectivity index (χ4v) is 3.62. The molecule has 0 unspecified atom stereocenters. The van der Waals surface area contributed by atoms with Gasteiger partial charge in [0, 0.05) is 13.1 Å². The molecule has 6 heteroatoms. The van der Waals surface area contributed by atoms with Crippen molar-refractivity contribution in [2.24, 2.45) is 5.92 Å². The van der Waals surface area contributed by atoms with Gasteiger partial charge in [-0.3, -0.25) is 14.5 Å². The van der Waals surface area contributed by atoms with Crippen LogP contribution in [-0.2, 0) is 16.1 Å². The fraction of sp³-hybridized carbons (Fsp3) is 0.417. The number of rotatable bonds is 10. The molecule has 2 amide bonds. The first-order chi connectivity index (χ1) is 14.5. The van der Waals surface area contributed by atoms with Gasteiger partial charge in [0.1, 0.15) is 5.75 Å². The van der Waals surface area contributed by atoms with Crippen molar-refractivity contribution in [3.63, 3.8) is 0 Å². The lowest BCUT2D eigenvalue weighted by atomic mass is 9.85. The second-order valence-electron chi connectivity index (χ2n) is 7.98. The maximum Gasteiger partial charge on any atom is 0.243 e. The van der Waals surface area contributed by atoms with Crippen LogP contribution in [0, 0.1) is 12.8 Å². The number of methoxy groups -OCH3 is 1. The normalized spacial score (nSPS) is 13.6. The van der Waals surface area contributed by atoms with E-state index in [1.807, 2.05) is 43.3 Å². The van der Waals surface area contributed by atoms with Crippen molar-refractivity contribution in [2.45, 2.75) is 32.7 Å². The van der Waals surface area contributed by atoms with Crippen LogP contribution < -0.4 is 15.4 Å². The number of amides is 2. The molecule has 0 bridgehead atoms. The predicted molar refractivity (Wildman–Crippen MR) is 118 cm³/mol. The summed E-state index contributed by atoms with van der Waals surface area (Å²) < 4.78 is 5.28. The molecule has 0 radical (unpaired) electrons. The molecule has 1 aliphatic carbocycles. The van der Waals surface area contributed by atoms with Crippen molar-refractivity contribution < 1.29 is 14.3 Å². The summed E-state index contributed by atoms with van der Waals surface area (Å²) in [4.78, 5) is 27.0. The van der Waals surface area contributed by atoms with E-state index in [0.717, 1.165) is 18.7 Å². The number of hydrogen-bond donors (Lipinski definition) is 2. The summed E-state index contributed by atoms with van der Waals surface area (Å²) in [7, 11) is 1.56. The fourth-order valence-electron chi connectivity index (χ4n) is 3.62. The molecule has 3 rings (SSSR count). The highest BCUT2D eigenvalue weighted by molar-refractivity contribution is 5.96. The first-order valence-electron chi connectivity index (χ1n) is 10.5. The highest BCUT2D eigenvalue weighted by Gasteiger charge is 2.22. The van der Waals surface area contributed by atoms with Gasteiger partial charge in [0.15, 0.2) is 0 Å². The van der Waals surface area contributed by atoms with Gasteiger partial charge >= 0.3 is 0 Å². The maximum atomic E-state index is 12.5. The van der Waals surface area contributed by atoms with Crippen LogP contribution in [0.25, 0.3) is 0 Å². The van der Waals surface area contributed by atoms with Gasteiger partial charge in [-0.25, -0.2) is 0 Å². The molecule has 30 heavy (non-hydrogen) atoms. The van der Waals surface area contributed by atoms with Crippen molar-refractivity contribution >= 4 is 17.5 Å². The van der Waals surface area contributed by atoms with Crippen LogP contribution in [-0.4, -0.2) is 43.5 Å². The number of carbonyl (C=O) groups excluding carboxylic acids is 2. The first-order valence-corrected chi connectivity index (χ1v) is 10.5. The minimum absolute atomic E-state index is 0.0709. The van der Waals surface area contributed by atoms with E-state index >= 15 is 0 Å². The second-order valence-corrected chi connectivity index (χ2v) is 7.98. The first kappa shape index (κ1) is 21.8. The van der Waals surface area contributed by atoms with Crippen LogP contribution in [0.1, 0.15) is 30.4 Å². The number of nitrogens with zero attached hydrogens (tertiary/aromatic N) is 1. The molecule has 2 N–H and O–H groups in total. The molecule has 6 nitrogen and oxygen atoms in total. The molecule has 0 aromatic heterocycles. The van der Waals surface area contributed by atoms with Crippen LogP contribution in [0.4, 0.5) is 5.69 Å². The summed E-state index contributed by atoms with van der Waals surface area (Å²) in [6.07, 6.45) is 3.74. The Morgan fingerprint density at radius 3 is 2.53 bits per heavy atom. The largest absolute Gasteiger partial charge is 0.495 e. The third-order valence-electron chi connectivity index (χ3n) is 5.43. The molecule has 1 aliphatic rings. The van der Waals surface area contributed by atoms with Crippen molar-refractivity contribution in [1.82, 2.24) is 10.2 Å². The summed E-state index contributed by atoms with van der Waals surface area (Å²) in [6, 6.07) is 15.8. The minimum Gasteiger partial charge on any atom is -0.495 e. The van der Waals surface area contributed by atoms with Crippen LogP contribution in [0.5, 0.6) is 5.75 Å². The van der Waals surface area contributed by atoms with E-state index in [4.69, 9.17) is 4.74 Å². The minimum atomic E-state index is -0.277. The Labute approximate surface area is 178 Å². The van der Waals surface area contributed by atoms with E-state index in [2.05, 4.69) is 27.7 Å². The average Bonchev–Trinajstić information content (AvgIpc) is 2.70. The smallest absolute Gasteiger partial charge is 0.243 e. The third kappa shape index (κ3) is 6.59. The van der Waals surface area contributed by atoms with Gasteiger partial charge in [0.05, 0.1) is 25.9 Å². The molecular weight excluding hydrogens is 378 g/mol. The molecule has 0 spiro atoms. The van der Waals surface area contributed by atoms with E-state index in [0.29, 0.717) is 17.4 Å². The number of anilines is 1. The Balaban J connectivity index is 1.50. The molecule has 1 saturated carbocycles. The maximum absolute atomic E-state index is 12.5. The van der Waals surface area contributed by atoms with Gasteiger partial charge in [0.2, 0.25) is 11.8 Å². The molecule has 2 aromatic rings. The van der Waals surface area contributed by atoms with Crippen LogP contribution in [0.2, 0.25) is 0 Å². The van der Waals surface area contributed by atoms with Gasteiger partial charge in [0.25, 0.3) is 0 Å². The third-order valence-corrected chi connectivity index (χ3v) is 5.43. The molecular formula is C24H31N3O3. The Morgan fingerprint density at radius 2 is 1.87 bits per heavy atom. The molecule has 2 aromatic carbocycles. The zero-order valence-electron chi connectivity index (χ0n) is 17.8. The molecule has 1 fully saturated rings. The van der Waals surface area contributed by atoms with Gasteiger partial charge in [-0.1, -0.05) is 42.8 Å². The van der Waals surface area contributed by atoms with E-state index in [1.165, 1.54) is 24.8 Å². The zero-order chi connectivity index (χ0) is 21.3. The Hall–Kier alpha value is -2.86. The van der Waals surface area contributed by atoms with Gasteiger partial charge in [-0.2, -0.15) is 0 Å². The van der Waals surface area contributed by atoms with Crippen molar-refractivity contribution in [1.29, 1.82) is 0 Å². The highest BCUT2D eigenvalue weighted by atomic mass is 16.5. The van der Waals surface area contributed by atoms with E-state index < -0.39 is 0 Å². The van der Waals surface area contributed by atoms with Gasteiger partial charge in [-0.05, 0) is 48.9 Å². The van der Waals surface area contributed by atoms with Crippen LogP contribution >= 0.6 is 0 Å². The second kappa shape index (κ2) is 10.8. The summed E-state index contributed by atoms with van der Waals surface area (Å²) in [5.41, 5.74) is 2.81. The van der Waals surface area contributed by atoms with Crippen molar-refractivity contribution in [2.75, 3.05) is 32.1 Å². The average molecular weight is 410 g/mol. The zero-order valence-corrected chi connectivity index (χ0v) is 17.8. The number of aryl methyl sites for hydroxylation is 1. The number of carbonyl (C=O) groups is 2. The highest BCUT2D eigenvalue weighted by Crippen LogP contribution is 2.27. The summed E-state index contributed by atoms with van der Waals surface area (Å²) >= 11 is 0. The molecule has 0 saturated heterocycles. The lowest BCUT2D eigenvalue weighted by Crippen LogP contribution is -2.42. The Morgan fingerprint density at radius 1 is 1.10 bits per heavy atom. The van der Waals surface area contributed by atoms with Crippen molar-refractivity contribution in [3.8, 4) is 5.75 Å². The Bertz CT molecular complexity index is 850. The van der Waals surface area contributed by atoms with E-state index in [1.54, 1.807) is 7.11 Å². The lowest BCUT2D eigenvalue weighted by Gasteiger charge is -2.32. The SMILES string of the molecule is COc1ccc(C)cc1NC(=O)CNC(=O)CN(Cc1ccccc1)CC1CCC1. The number of hydrogen-bond acceptors (Lipinski definition) is 4. The molecule has 0 atom stereocenters. The molecule has 0 aliphatic heterocycles. The van der Waals surface area contributed by atoms with E-state index in [-0.39, 0.29) is 24.9 Å². The molecule has 0 heterocycles. The van der Waals surface area contributed by atoms with E-state index in [9.17, 15) is 9.59 Å². The topological polar surface area (TPSA) is 70.7 Å². The molecule has 160 valence electrons. The summed E-state index contributed by atoms with van der Waals surface area (Å²) in [5, 5.41) is 5.56. The number of ether oxygens (including phenoxy) is 1. The van der Waals surface area contributed by atoms with Gasteiger partial charge in [-0.15, -0.1) is 0 Å². The number of nitrogens with one attached hydrogen (secondary N) is 2. The summed E-state index contributed by atoms with van der Waals surface area (Å²) in [5.74, 6) is 0.839. The van der Waals surface area contributed by atoms with Crippen LogP contribution in [0.15, 0.2) is 48.5 Å². The quantitative estimate of drug-likeness (QED) is 0.631. The van der Waals surface area contributed by atoms with Crippen LogP contribution in [0.3, 0.4) is 0 Å². The predicted octanol–water partition coefficient (Wildman–Crippen LogP) is 3.36. The number of benzene rings is 2. The van der Waals surface area contributed by atoms with Crippen molar-refractivity contribution in [3.05, 3.63) is 59.7 Å². The standard InChI is InChI=1S/C24H31N3O3/c1-18-11-12-22(30-2)21(13-18)26-23(28)14-25-24(29)17-27(16-20-9-6-10-20)15-19-7-4-3-5-8-19/h3-5,7-8,11-13,20H,6,9-10,14-17H2,1-2H3,(H,25,29)(H,26,28). The monoisotopic (exact) mass is 409 g/mol. The lowest BCUT2D eigenvalue weighted by molar-refractivity contribution is -0.125. The van der Waals surface area contributed by atoms with Gasteiger partial charge < -0.3 is 15.4 Å².